The van der Waals surface area contributed by atoms with Crippen molar-refractivity contribution in [1.29, 1.82) is 0 Å². The summed E-state index contributed by atoms with van der Waals surface area (Å²) < 4.78 is 9.51. The molecule has 0 saturated carbocycles. The number of cyclic esters (lactones) is 2. The highest BCUT2D eigenvalue weighted by molar-refractivity contribution is 5.64. The van der Waals surface area contributed by atoms with Crippen LogP contribution in [0.15, 0.2) is 12.7 Å². The van der Waals surface area contributed by atoms with E-state index in [-0.39, 0.29) is 0 Å². The monoisotopic (exact) mass is 194 g/mol. The molecule has 0 N–H and O–H groups in total. The van der Waals surface area contributed by atoms with Crippen molar-refractivity contribution in [2.45, 2.75) is 38.2 Å². The molecule has 0 radical (unpaired) electrons. The van der Waals surface area contributed by atoms with Crippen LogP contribution >= 0.6 is 0 Å². The van der Waals surface area contributed by atoms with Crippen LogP contribution in [-0.4, -0.2) is 11.8 Å². The molecule has 1 aliphatic heterocycles. The lowest BCUT2D eigenvalue weighted by Crippen LogP contribution is -2.35. The molecule has 0 aromatic rings. The van der Waals surface area contributed by atoms with E-state index in [4.69, 9.17) is 4.74 Å². The molecule has 1 aliphatic rings. The molecule has 1 heterocycles. The maximum absolute atomic E-state index is 10.9. The van der Waals surface area contributed by atoms with Crippen molar-refractivity contribution in [3.05, 3.63) is 12.7 Å². The molecule has 0 saturated heterocycles. The zero-order valence-corrected chi connectivity index (χ0v) is 8.34. The SMILES string of the molecule is C=CCC1(CCCC)C#COC(=O)O1. The van der Waals surface area contributed by atoms with Gasteiger partial charge in [-0.3, -0.25) is 0 Å². The van der Waals surface area contributed by atoms with Crippen LogP contribution in [-0.2, 0) is 9.47 Å². The minimum atomic E-state index is -0.707. The third kappa shape index (κ3) is 2.53. The van der Waals surface area contributed by atoms with E-state index in [9.17, 15) is 4.79 Å². The molecule has 0 amide bonds. The first kappa shape index (κ1) is 10.6. The normalized spacial score (nSPS) is 24.2. The number of carbonyl (C=O) groups excluding carboxylic acids is 1. The third-order valence-electron chi connectivity index (χ3n) is 2.10. The minimum Gasteiger partial charge on any atom is -0.413 e. The van der Waals surface area contributed by atoms with E-state index >= 15 is 0 Å². The maximum Gasteiger partial charge on any atom is 0.524 e. The zero-order valence-electron chi connectivity index (χ0n) is 8.34. The highest BCUT2D eigenvalue weighted by Gasteiger charge is 2.34. The molecule has 14 heavy (non-hydrogen) atoms. The van der Waals surface area contributed by atoms with Gasteiger partial charge in [0.05, 0.1) is 0 Å². The molecule has 1 rings (SSSR count). The lowest BCUT2D eigenvalue weighted by Gasteiger charge is -2.27. The van der Waals surface area contributed by atoms with Gasteiger partial charge in [-0.05, 0) is 18.8 Å². The van der Waals surface area contributed by atoms with E-state index in [0.29, 0.717) is 6.42 Å². The van der Waals surface area contributed by atoms with E-state index in [2.05, 4.69) is 30.3 Å². The molecule has 0 fully saturated rings. The Labute approximate surface area is 84.1 Å². The fourth-order valence-electron chi connectivity index (χ4n) is 1.37. The highest BCUT2D eigenvalue weighted by Crippen LogP contribution is 2.25. The van der Waals surface area contributed by atoms with Crippen LogP contribution in [0.5, 0.6) is 0 Å². The Hall–Kier alpha value is -1.43. The number of ether oxygens (including phenoxy) is 2. The smallest absolute Gasteiger partial charge is 0.413 e. The number of hydrogen-bond acceptors (Lipinski definition) is 3. The molecule has 0 aliphatic carbocycles. The predicted octanol–water partition coefficient (Wildman–Crippen LogP) is 2.62. The van der Waals surface area contributed by atoms with Crippen LogP contribution in [0.4, 0.5) is 4.79 Å². The second-order valence-corrected chi connectivity index (χ2v) is 3.27. The van der Waals surface area contributed by atoms with Crippen LogP contribution in [0.1, 0.15) is 32.6 Å². The average molecular weight is 194 g/mol. The fraction of sp³-hybridized carbons (Fsp3) is 0.545. The van der Waals surface area contributed by atoms with Gasteiger partial charge in [-0.25, -0.2) is 4.79 Å². The first-order valence-electron chi connectivity index (χ1n) is 4.75. The summed E-state index contributed by atoms with van der Waals surface area (Å²) in [6.07, 6.45) is 6.64. The molecule has 0 spiro atoms. The number of carbonyl (C=O) groups is 1. The Balaban J connectivity index is 2.73. The van der Waals surface area contributed by atoms with Gasteiger partial charge in [0.15, 0.2) is 5.60 Å². The number of unbranched alkanes of at least 4 members (excludes halogenated alkanes) is 1. The minimum absolute atomic E-state index is 0.551. The van der Waals surface area contributed by atoms with Crippen molar-refractivity contribution < 1.29 is 14.3 Å². The largest absolute Gasteiger partial charge is 0.524 e. The van der Waals surface area contributed by atoms with E-state index in [0.717, 1.165) is 19.3 Å². The Morgan fingerprint density at radius 2 is 2.43 bits per heavy atom. The number of rotatable bonds is 5. The van der Waals surface area contributed by atoms with Crippen LogP contribution in [0.2, 0.25) is 0 Å². The van der Waals surface area contributed by atoms with E-state index in [1.165, 1.54) is 0 Å². The van der Waals surface area contributed by atoms with Gasteiger partial charge >= 0.3 is 6.16 Å². The van der Waals surface area contributed by atoms with Crippen molar-refractivity contribution in [3.63, 3.8) is 0 Å². The van der Waals surface area contributed by atoms with Crippen LogP contribution in [0.25, 0.3) is 0 Å². The summed E-state index contributed by atoms with van der Waals surface area (Å²) in [6.45, 7) is 5.71. The molecule has 3 heteroatoms. The first-order chi connectivity index (χ1) is 6.72. The van der Waals surface area contributed by atoms with Gasteiger partial charge in [0.25, 0.3) is 0 Å². The fourth-order valence-corrected chi connectivity index (χ4v) is 1.37. The quantitative estimate of drug-likeness (QED) is 0.383. The van der Waals surface area contributed by atoms with Gasteiger partial charge in [0, 0.05) is 6.42 Å². The number of hydrogen-bond donors (Lipinski definition) is 0. The highest BCUT2D eigenvalue weighted by atomic mass is 16.7. The maximum atomic E-state index is 10.9. The summed E-state index contributed by atoms with van der Waals surface area (Å²) in [5, 5.41) is 0. The zero-order chi connectivity index (χ0) is 10.4. The van der Waals surface area contributed by atoms with Gasteiger partial charge in [-0.2, -0.15) is 0 Å². The Kier molecular flexibility index (Phi) is 3.58. The molecular formula is C11H14O3. The van der Waals surface area contributed by atoms with Crippen molar-refractivity contribution in [2.75, 3.05) is 0 Å². The van der Waals surface area contributed by atoms with Gasteiger partial charge < -0.3 is 9.47 Å². The van der Waals surface area contributed by atoms with Crippen molar-refractivity contribution in [2.24, 2.45) is 0 Å². The summed E-state index contributed by atoms with van der Waals surface area (Å²) in [4.78, 5) is 10.9. The average Bonchev–Trinajstić information content (AvgIpc) is 2.15. The Morgan fingerprint density at radius 3 is 3.00 bits per heavy atom. The lowest BCUT2D eigenvalue weighted by atomic mass is 9.93. The van der Waals surface area contributed by atoms with Crippen molar-refractivity contribution in [1.82, 2.24) is 0 Å². The van der Waals surface area contributed by atoms with Gasteiger partial charge in [0.2, 0.25) is 0 Å². The van der Waals surface area contributed by atoms with Crippen LogP contribution in [0.3, 0.4) is 0 Å². The summed E-state index contributed by atoms with van der Waals surface area (Å²) >= 11 is 0. The van der Waals surface area contributed by atoms with Crippen molar-refractivity contribution >= 4 is 6.16 Å². The summed E-state index contributed by atoms with van der Waals surface area (Å²) in [5.41, 5.74) is -0.701. The molecule has 3 nitrogen and oxygen atoms in total. The summed E-state index contributed by atoms with van der Waals surface area (Å²) in [6, 6.07) is 0. The summed E-state index contributed by atoms with van der Waals surface area (Å²) in [7, 11) is 0. The molecule has 76 valence electrons. The molecule has 0 bridgehead atoms. The van der Waals surface area contributed by atoms with E-state index in [1.807, 2.05) is 0 Å². The van der Waals surface area contributed by atoms with Gasteiger partial charge in [-0.15, -0.1) is 6.58 Å². The van der Waals surface area contributed by atoms with Crippen LogP contribution < -0.4 is 0 Å². The topological polar surface area (TPSA) is 35.5 Å². The van der Waals surface area contributed by atoms with E-state index in [1.54, 1.807) is 6.08 Å². The van der Waals surface area contributed by atoms with Gasteiger partial charge in [-0.1, -0.05) is 19.4 Å². The van der Waals surface area contributed by atoms with E-state index < -0.39 is 11.8 Å². The molecule has 1 unspecified atom stereocenters. The van der Waals surface area contributed by atoms with Crippen molar-refractivity contribution in [3.8, 4) is 12.0 Å². The Morgan fingerprint density at radius 1 is 1.64 bits per heavy atom. The lowest BCUT2D eigenvalue weighted by molar-refractivity contribution is 0.00181. The molecule has 0 aromatic carbocycles. The molecular weight excluding hydrogens is 180 g/mol. The second kappa shape index (κ2) is 4.71. The van der Waals surface area contributed by atoms with Crippen LogP contribution in [0, 0.1) is 12.0 Å². The second-order valence-electron chi connectivity index (χ2n) is 3.27. The first-order valence-corrected chi connectivity index (χ1v) is 4.75. The van der Waals surface area contributed by atoms with Gasteiger partial charge in [0.1, 0.15) is 6.11 Å². The predicted molar refractivity (Wildman–Crippen MR) is 52.4 cm³/mol. The molecule has 0 aromatic heterocycles. The Bertz CT molecular complexity index is 285. The third-order valence-corrected chi connectivity index (χ3v) is 2.10. The standard InChI is InChI=1S/C11H14O3/c1-3-5-7-11(6-4-2)8-9-13-10(12)14-11/h4H,2-3,5-7H2,1H3. The molecule has 1 atom stereocenters. The summed E-state index contributed by atoms with van der Waals surface area (Å²) in [5.74, 6) is 2.81.